The normalized spacial score (nSPS) is 10.6. The molecule has 0 atom stereocenters. The molecular formula is C14H17FN4O2. The molecule has 0 saturated carbocycles. The molecule has 2 rings (SSSR count). The van der Waals surface area contributed by atoms with Crippen LogP contribution in [0.25, 0.3) is 0 Å². The van der Waals surface area contributed by atoms with Crippen LogP contribution in [-0.4, -0.2) is 15.0 Å². The number of aromatic nitrogens is 2. The van der Waals surface area contributed by atoms with Gasteiger partial charge in [-0.2, -0.15) is 0 Å². The molecule has 0 aliphatic rings. The Morgan fingerprint density at radius 3 is 2.71 bits per heavy atom. The largest absolute Gasteiger partial charge is 0.397 e. The Morgan fingerprint density at radius 2 is 2.05 bits per heavy atom. The third kappa shape index (κ3) is 3.50. The molecule has 1 aromatic heterocycles. The Labute approximate surface area is 121 Å². The van der Waals surface area contributed by atoms with Crippen LogP contribution in [0.3, 0.4) is 0 Å². The highest BCUT2D eigenvalue weighted by atomic mass is 19.1. The van der Waals surface area contributed by atoms with Crippen molar-refractivity contribution in [1.82, 2.24) is 9.13 Å². The van der Waals surface area contributed by atoms with Crippen LogP contribution in [0.4, 0.5) is 15.8 Å². The van der Waals surface area contributed by atoms with Gasteiger partial charge in [0.1, 0.15) is 12.4 Å². The van der Waals surface area contributed by atoms with Gasteiger partial charge < -0.3 is 11.1 Å². The number of nitrogens with one attached hydrogen (secondary N) is 1. The lowest BCUT2D eigenvalue weighted by Gasteiger charge is -2.08. The molecule has 0 aliphatic carbocycles. The first kappa shape index (κ1) is 14.8. The van der Waals surface area contributed by atoms with Crippen molar-refractivity contribution in [3.63, 3.8) is 0 Å². The van der Waals surface area contributed by atoms with Gasteiger partial charge in [-0.05, 0) is 24.6 Å². The molecule has 6 nitrogen and oxygen atoms in total. The number of amides is 1. The molecule has 0 radical (unpaired) electrons. The number of aryl methyl sites for hydroxylation is 1. The fourth-order valence-electron chi connectivity index (χ4n) is 1.98. The number of imidazole rings is 1. The minimum Gasteiger partial charge on any atom is -0.397 e. The van der Waals surface area contributed by atoms with Crippen LogP contribution in [0, 0.1) is 5.82 Å². The summed E-state index contributed by atoms with van der Waals surface area (Å²) in [7, 11) is 0. The van der Waals surface area contributed by atoms with Crippen LogP contribution >= 0.6 is 0 Å². The van der Waals surface area contributed by atoms with E-state index in [1.165, 1.54) is 16.7 Å². The number of hydrogen-bond acceptors (Lipinski definition) is 3. The molecule has 21 heavy (non-hydrogen) atoms. The maximum absolute atomic E-state index is 12.9. The highest BCUT2D eigenvalue weighted by Gasteiger charge is 2.09. The summed E-state index contributed by atoms with van der Waals surface area (Å²) in [4.78, 5) is 23.8. The first-order valence-corrected chi connectivity index (χ1v) is 6.61. The minimum atomic E-state index is -0.474. The molecule has 0 unspecified atom stereocenters. The van der Waals surface area contributed by atoms with Crippen LogP contribution in [0.1, 0.15) is 13.3 Å². The Hall–Kier alpha value is -2.57. The molecular weight excluding hydrogens is 275 g/mol. The first-order valence-electron chi connectivity index (χ1n) is 6.61. The van der Waals surface area contributed by atoms with Gasteiger partial charge in [0, 0.05) is 18.9 Å². The average Bonchev–Trinajstić information content (AvgIpc) is 2.75. The predicted octanol–water partition coefficient (Wildman–Crippen LogP) is 1.42. The summed E-state index contributed by atoms with van der Waals surface area (Å²) in [5.74, 6) is -0.872. The van der Waals surface area contributed by atoms with Crippen LogP contribution in [0.15, 0.2) is 35.4 Å². The van der Waals surface area contributed by atoms with Gasteiger partial charge in [-0.3, -0.25) is 13.9 Å². The summed E-state index contributed by atoms with van der Waals surface area (Å²) in [6.07, 6.45) is 4.04. The van der Waals surface area contributed by atoms with E-state index in [-0.39, 0.29) is 17.9 Å². The molecule has 0 saturated heterocycles. The zero-order chi connectivity index (χ0) is 15.4. The lowest BCUT2D eigenvalue weighted by molar-refractivity contribution is -0.116. The van der Waals surface area contributed by atoms with Crippen molar-refractivity contribution >= 4 is 17.3 Å². The third-order valence-electron chi connectivity index (χ3n) is 2.98. The molecule has 1 aromatic carbocycles. The predicted molar refractivity (Wildman–Crippen MR) is 78.4 cm³/mol. The van der Waals surface area contributed by atoms with E-state index in [2.05, 4.69) is 5.32 Å². The summed E-state index contributed by atoms with van der Waals surface area (Å²) in [5.41, 5.74) is 5.83. The molecule has 1 amide bonds. The molecule has 3 N–H and O–H groups in total. The average molecular weight is 292 g/mol. The van der Waals surface area contributed by atoms with Gasteiger partial charge in [0.15, 0.2) is 0 Å². The maximum atomic E-state index is 12.9. The zero-order valence-electron chi connectivity index (χ0n) is 11.7. The highest BCUT2D eigenvalue weighted by Crippen LogP contribution is 2.18. The zero-order valence-corrected chi connectivity index (χ0v) is 11.7. The maximum Gasteiger partial charge on any atom is 0.328 e. The summed E-state index contributed by atoms with van der Waals surface area (Å²) in [5, 5.41) is 2.55. The van der Waals surface area contributed by atoms with E-state index in [1.807, 2.05) is 6.92 Å². The summed E-state index contributed by atoms with van der Waals surface area (Å²) in [6, 6.07) is 3.71. The molecule has 0 bridgehead atoms. The standard InChI is InChI=1S/C14H17FN4O2/c1-2-5-18-6-7-19(14(18)21)9-13(20)17-12-4-3-10(15)8-11(12)16/h3-4,6-8H,2,5,9,16H2,1H3,(H,17,20). The summed E-state index contributed by atoms with van der Waals surface area (Å²) >= 11 is 0. The van der Waals surface area contributed by atoms with Crippen molar-refractivity contribution in [2.45, 2.75) is 26.4 Å². The van der Waals surface area contributed by atoms with Crippen LogP contribution in [-0.2, 0) is 17.9 Å². The Bertz CT molecular complexity index is 705. The van der Waals surface area contributed by atoms with Gasteiger partial charge in [-0.1, -0.05) is 6.92 Å². The second kappa shape index (κ2) is 6.25. The van der Waals surface area contributed by atoms with Crippen LogP contribution < -0.4 is 16.7 Å². The van der Waals surface area contributed by atoms with E-state index in [4.69, 9.17) is 5.73 Å². The second-order valence-electron chi connectivity index (χ2n) is 4.68. The van der Waals surface area contributed by atoms with E-state index in [9.17, 15) is 14.0 Å². The van der Waals surface area contributed by atoms with Gasteiger partial charge in [0.05, 0.1) is 11.4 Å². The Balaban J connectivity index is 2.06. The van der Waals surface area contributed by atoms with Crippen molar-refractivity contribution < 1.29 is 9.18 Å². The van der Waals surface area contributed by atoms with Crippen molar-refractivity contribution in [3.05, 3.63) is 46.9 Å². The van der Waals surface area contributed by atoms with Gasteiger partial charge in [-0.25, -0.2) is 9.18 Å². The first-order chi connectivity index (χ1) is 10.0. The number of carbonyl (C=O) groups is 1. The monoisotopic (exact) mass is 292 g/mol. The van der Waals surface area contributed by atoms with Crippen molar-refractivity contribution in [2.24, 2.45) is 0 Å². The van der Waals surface area contributed by atoms with Gasteiger partial charge in [0.25, 0.3) is 0 Å². The molecule has 2 aromatic rings. The van der Waals surface area contributed by atoms with E-state index in [1.54, 1.807) is 17.0 Å². The number of nitrogen functional groups attached to an aromatic ring is 1. The number of hydrogen-bond donors (Lipinski definition) is 2. The van der Waals surface area contributed by atoms with E-state index in [0.717, 1.165) is 12.5 Å². The number of rotatable bonds is 5. The second-order valence-corrected chi connectivity index (χ2v) is 4.68. The number of benzene rings is 1. The quantitative estimate of drug-likeness (QED) is 0.818. The van der Waals surface area contributed by atoms with Crippen molar-refractivity contribution in [1.29, 1.82) is 0 Å². The number of halogens is 1. The summed E-state index contributed by atoms with van der Waals surface area (Å²) < 4.78 is 15.8. The molecule has 0 aliphatic heterocycles. The van der Waals surface area contributed by atoms with Gasteiger partial charge >= 0.3 is 5.69 Å². The Morgan fingerprint density at radius 1 is 1.33 bits per heavy atom. The van der Waals surface area contributed by atoms with Crippen LogP contribution in [0.2, 0.25) is 0 Å². The lowest BCUT2D eigenvalue weighted by Crippen LogP contribution is -2.29. The van der Waals surface area contributed by atoms with Crippen molar-refractivity contribution in [3.8, 4) is 0 Å². The van der Waals surface area contributed by atoms with Gasteiger partial charge in [0.2, 0.25) is 5.91 Å². The molecule has 7 heteroatoms. The highest BCUT2D eigenvalue weighted by molar-refractivity contribution is 5.93. The topological polar surface area (TPSA) is 82.1 Å². The van der Waals surface area contributed by atoms with Crippen molar-refractivity contribution in [2.75, 3.05) is 11.1 Å². The lowest BCUT2D eigenvalue weighted by atomic mass is 10.2. The fraction of sp³-hybridized carbons (Fsp3) is 0.286. The molecule has 1 heterocycles. The van der Waals surface area contributed by atoms with Gasteiger partial charge in [-0.15, -0.1) is 0 Å². The van der Waals surface area contributed by atoms with E-state index < -0.39 is 11.7 Å². The summed E-state index contributed by atoms with van der Waals surface area (Å²) in [6.45, 7) is 2.46. The number of nitrogens with zero attached hydrogens (tertiary/aromatic N) is 2. The molecule has 0 spiro atoms. The third-order valence-corrected chi connectivity index (χ3v) is 2.98. The number of carbonyl (C=O) groups excluding carboxylic acids is 1. The molecule has 0 fully saturated rings. The SMILES string of the molecule is CCCn1ccn(CC(=O)Nc2ccc(F)cc2N)c1=O. The molecule has 112 valence electrons. The smallest absolute Gasteiger partial charge is 0.328 e. The van der Waals surface area contributed by atoms with E-state index in [0.29, 0.717) is 12.2 Å². The minimum absolute atomic E-state index is 0.119. The number of anilines is 2. The van der Waals surface area contributed by atoms with Crippen LogP contribution in [0.5, 0.6) is 0 Å². The van der Waals surface area contributed by atoms with E-state index >= 15 is 0 Å². The number of nitrogens with two attached hydrogens (primary N) is 1. The fourth-order valence-corrected chi connectivity index (χ4v) is 1.98. The Kier molecular flexibility index (Phi) is 4.42.